The lowest BCUT2D eigenvalue weighted by Gasteiger charge is -2.19. The van der Waals surface area contributed by atoms with Gasteiger partial charge in [0.05, 0.1) is 6.10 Å². The summed E-state index contributed by atoms with van der Waals surface area (Å²) < 4.78 is 20.9. The molecule has 0 bridgehead atoms. The van der Waals surface area contributed by atoms with Crippen LogP contribution in [0.4, 0.5) is 4.39 Å². The highest BCUT2D eigenvalue weighted by Gasteiger charge is 2.21. The number of rotatable bonds is 8. The van der Waals surface area contributed by atoms with Gasteiger partial charge in [0.15, 0.2) is 0 Å². The van der Waals surface area contributed by atoms with E-state index < -0.39 is 23.5 Å². The zero-order chi connectivity index (χ0) is 25.0. The lowest BCUT2D eigenvalue weighted by molar-refractivity contribution is -0.156. The quantitative estimate of drug-likeness (QED) is 0.323. The molecule has 3 rings (SSSR count). The fourth-order valence-corrected chi connectivity index (χ4v) is 4.04. The first-order valence-corrected chi connectivity index (χ1v) is 11.4. The van der Waals surface area contributed by atoms with Crippen molar-refractivity contribution >= 4 is 28.7 Å². The van der Waals surface area contributed by atoms with Gasteiger partial charge in [-0.3, -0.25) is 9.59 Å². The lowest BCUT2D eigenvalue weighted by Crippen LogP contribution is -2.26. The number of aromatic nitrogens is 1. The smallest absolute Gasteiger partial charge is 0.313 e. The van der Waals surface area contributed by atoms with Crippen molar-refractivity contribution in [3.8, 4) is 11.1 Å². The zero-order valence-electron chi connectivity index (χ0n) is 20.3. The maximum absolute atomic E-state index is 13.6. The van der Waals surface area contributed by atoms with E-state index in [2.05, 4.69) is 18.4 Å². The van der Waals surface area contributed by atoms with Crippen molar-refractivity contribution < 1.29 is 23.8 Å². The van der Waals surface area contributed by atoms with E-state index in [1.807, 2.05) is 24.3 Å². The molecule has 2 aromatic carbocycles. The molecular formula is C28H32FNO4. The van der Waals surface area contributed by atoms with Crippen LogP contribution < -0.4 is 0 Å². The molecule has 0 saturated heterocycles. The fourth-order valence-electron chi connectivity index (χ4n) is 4.04. The maximum atomic E-state index is 13.6. The van der Waals surface area contributed by atoms with Crippen LogP contribution in [0.1, 0.15) is 59.2 Å². The van der Waals surface area contributed by atoms with Gasteiger partial charge in [-0.05, 0) is 64.5 Å². The Morgan fingerprint density at radius 2 is 1.74 bits per heavy atom. The molecule has 0 aliphatic rings. The number of ether oxygens (including phenoxy) is 1. The minimum absolute atomic E-state index is 0.115. The van der Waals surface area contributed by atoms with Crippen LogP contribution in [-0.2, 0) is 14.3 Å². The standard InChI is InChI=1S/C28H32FNO4/c1-18(2)30-24-9-7-6-8-23(24)27(19-10-12-20(29)13-11-19)25(30)15-14-21(31)16-22(32)17-26(33)34-28(3,4)5/h6-15,18,21,31H,16-17H2,1-5H3/t21-/m0/s1. The number of benzene rings is 2. The largest absolute Gasteiger partial charge is 0.460 e. The number of carbonyl (C=O) groups excluding carboxylic acids is 2. The Kier molecular flexibility index (Phi) is 7.72. The summed E-state index contributed by atoms with van der Waals surface area (Å²) in [5, 5.41) is 11.5. The molecule has 1 heterocycles. The van der Waals surface area contributed by atoms with Gasteiger partial charge >= 0.3 is 5.97 Å². The minimum atomic E-state index is -1.06. The van der Waals surface area contributed by atoms with Crippen LogP contribution in [0.25, 0.3) is 28.1 Å². The van der Waals surface area contributed by atoms with E-state index in [4.69, 9.17) is 4.74 Å². The van der Waals surface area contributed by atoms with E-state index in [0.29, 0.717) is 0 Å². The molecule has 5 nitrogen and oxygen atoms in total. The predicted octanol–water partition coefficient (Wildman–Crippen LogP) is 6.09. The second-order valence-electron chi connectivity index (χ2n) is 9.68. The minimum Gasteiger partial charge on any atom is -0.460 e. The second kappa shape index (κ2) is 10.3. The number of Topliss-reactive ketones (excluding diaryl/α,β-unsaturated/α-hetero) is 1. The van der Waals surface area contributed by atoms with Crippen molar-refractivity contribution in [2.75, 3.05) is 0 Å². The van der Waals surface area contributed by atoms with Gasteiger partial charge in [0, 0.05) is 34.6 Å². The number of carbonyl (C=O) groups is 2. The predicted molar refractivity (Wildman–Crippen MR) is 133 cm³/mol. The molecule has 0 radical (unpaired) electrons. The van der Waals surface area contributed by atoms with E-state index in [1.165, 1.54) is 12.1 Å². The Morgan fingerprint density at radius 3 is 2.35 bits per heavy atom. The van der Waals surface area contributed by atoms with Gasteiger partial charge in [-0.25, -0.2) is 4.39 Å². The van der Waals surface area contributed by atoms with Crippen LogP contribution in [0.3, 0.4) is 0 Å². The number of esters is 1. The Bertz CT molecular complexity index is 1200. The van der Waals surface area contributed by atoms with Gasteiger partial charge in [-0.1, -0.05) is 36.4 Å². The molecular weight excluding hydrogens is 433 g/mol. The van der Waals surface area contributed by atoms with Crippen molar-refractivity contribution in [1.29, 1.82) is 0 Å². The summed E-state index contributed by atoms with van der Waals surface area (Å²) in [4.78, 5) is 24.2. The monoisotopic (exact) mass is 465 g/mol. The zero-order valence-corrected chi connectivity index (χ0v) is 20.3. The van der Waals surface area contributed by atoms with Crippen molar-refractivity contribution in [2.45, 2.75) is 65.2 Å². The van der Waals surface area contributed by atoms with Crippen molar-refractivity contribution in [3.05, 3.63) is 66.1 Å². The lowest BCUT2D eigenvalue weighted by atomic mass is 10.0. The number of para-hydroxylation sites is 1. The molecule has 0 unspecified atom stereocenters. The topological polar surface area (TPSA) is 68.5 Å². The molecule has 0 spiro atoms. The highest BCUT2D eigenvalue weighted by molar-refractivity contribution is 6.01. The average molecular weight is 466 g/mol. The molecule has 180 valence electrons. The number of nitrogens with zero attached hydrogens (tertiary/aromatic N) is 1. The van der Waals surface area contributed by atoms with Crippen molar-refractivity contribution in [2.24, 2.45) is 0 Å². The molecule has 0 amide bonds. The molecule has 3 aromatic rings. The molecule has 0 saturated carbocycles. The summed E-state index contributed by atoms with van der Waals surface area (Å²) >= 11 is 0. The third-order valence-corrected chi connectivity index (χ3v) is 5.27. The van der Waals surface area contributed by atoms with Crippen LogP contribution in [0.15, 0.2) is 54.6 Å². The third-order valence-electron chi connectivity index (χ3n) is 5.27. The van der Waals surface area contributed by atoms with E-state index in [-0.39, 0.29) is 24.7 Å². The Morgan fingerprint density at radius 1 is 1.09 bits per heavy atom. The van der Waals surface area contributed by atoms with Gasteiger partial charge in [-0.2, -0.15) is 0 Å². The SMILES string of the molecule is CC(C)n1c(C=C[C@H](O)CC(=O)CC(=O)OC(C)(C)C)c(-c2ccc(F)cc2)c2ccccc21. The molecule has 0 aliphatic heterocycles. The van der Waals surface area contributed by atoms with E-state index >= 15 is 0 Å². The van der Waals surface area contributed by atoms with Gasteiger partial charge in [0.1, 0.15) is 23.6 Å². The second-order valence-corrected chi connectivity index (χ2v) is 9.68. The number of hydrogen-bond acceptors (Lipinski definition) is 4. The summed E-state index contributed by atoms with van der Waals surface area (Å²) in [6, 6.07) is 14.4. The molecule has 0 aliphatic carbocycles. The number of aliphatic hydroxyl groups excluding tert-OH is 1. The molecule has 1 aromatic heterocycles. The fraction of sp³-hybridized carbons (Fsp3) is 0.357. The maximum Gasteiger partial charge on any atom is 0.313 e. The number of fused-ring (bicyclic) bond motifs is 1. The molecule has 1 N–H and O–H groups in total. The molecule has 34 heavy (non-hydrogen) atoms. The highest BCUT2D eigenvalue weighted by atomic mass is 19.1. The van der Waals surface area contributed by atoms with Gasteiger partial charge in [0.2, 0.25) is 0 Å². The van der Waals surface area contributed by atoms with E-state index in [9.17, 15) is 19.1 Å². The average Bonchev–Trinajstić information content (AvgIpc) is 3.05. The van der Waals surface area contributed by atoms with E-state index in [0.717, 1.165) is 27.7 Å². The van der Waals surface area contributed by atoms with Gasteiger partial charge in [-0.15, -0.1) is 0 Å². The first-order chi connectivity index (χ1) is 16.0. The van der Waals surface area contributed by atoms with Crippen LogP contribution >= 0.6 is 0 Å². The Labute approximate surface area is 199 Å². The van der Waals surface area contributed by atoms with Gasteiger partial charge in [0.25, 0.3) is 0 Å². The summed E-state index contributed by atoms with van der Waals surface area (Å²) in [7, 11) is 0. The third kappa shape index (κ3) is 6.20. The van der Waals surface area contributed by atoms with Crippen LogP contribution in [0, 0.1) is 5.82 Å². The Balaban J connectivity index is 1.92. The van der Waals surface area contributed by atoms with Crippen LogP contribution in [0.2, 0.25) is 0 Å². The summed E-state index contributed by atoms with van der Waals surface area (Å²) in [6.07, 6.45) is 1.73. The molecule has 6 heteroatoms. The Hall–Kier alpha value is -3.25. The number of aliphatic hydroxyl groups is 1. The summed E-state index contributed by atoms with van der Waals surface area (Å²) in [5.74, 6) is -1.31. The first kappa shape index (κ1) is 25.4. The summed E-state index contributed by atoms with van der Waals surface area (Å²) in [5.41, 5.74) is 2.98. The van der Waals surface area contributed by atoms with Crippen molar-refractivity contribution in [1.82, 2.24) is 4.57 Å². The first-order valence-electron chi connectivity index (χ1n) is 11.4. The number of halogens is 1. The molecule has 1 atom stereocenters. The van der Waals surface area contributed by atoms with E-state index in [1.54, 1.807) is 45.1 Å². The number of ketones is 1. The summed E-state index contributed by atoms with van der Waals surface area (Å²) in [6.45, 7) is 9.34. The van der Waals surface area contributed by atoms with Crippen LogP contribution in [0.5, 0.6) is 0 Å². The highest BCUT2D eigenvalue weighted by Crippen LogP contribution is 2.38. The number of hydrogen-bond donors (Lipinski definition) is 1. The van der Waals surface area contributed by atoms with Crippen molar-refractivity contribution in [3.63, 3.8) is 0 Å². The normalized spacial score (nSPS) is 13.1. The molecule has 0 fully saturated rings. The van der Waals surface area contributed by atoms with Gasteiger partial charge < -0.3 is 14.4 Å². The van der Waals surface area contributed by atoms with Crippen LogP contribution in [-0.4, -0.2) is 33.1 Å².